The van der Waals surface area contributed by atoms with E-state index >= 15 is 0 Å². The minimum absolute atomic E-state index is 0.0109. The molecule has 0 heterocycles. The molecule has 1 aliphatic rings. The van der Waals surface area contributed by atoms with Crippen molar-refractivity contribution < 1.29 is 9.18 Å². The van der Waals surface area contributed by atoms with Crippen LogP contribution in [0.3, 0.4) is 0 Å². The highest BCUT2D eigenvalue weighted by molar-refractivity contribution is 7.80. The van der Waals surface area contributed by atoms with Crippen molar-refractivity contribution in [1.82, 2.24) is 5.32 Å². The fraction of sp³-hybridized carbons (Fsp3) is 0.429. The van der Waals surface area contributed by atoms with E-state index in [0.717, 1.165) is 38.2 Å². The van der Waals surface area contributed by atoms with Gasteiger partial charge in [0.05, 0.1) is 15.6 Å². The molecule has 0 aliphatic heterocycles. The number of carbonyl (C=O) groups is 1. The van der Waals surface area contributed by atoms with Crippen LogP contribution < -0.4 is 11.1 Å². The molecule has 0 bridgehead atoms. The maximum Gasteiger partial charge on any atom is 0.252 e. The first kappa shape index (κ1) is 15.2. The third-order valence-electron chi connectivity index (χ3n) is 3.71. The molecule has 1 aromatic carbocycles. The number of hydrogen-bond donors (Lipinski definition) is 2. The molecule has 1 amide bonds. The maximum absolute atomic E-state index is 13.4. The van der Waals surface area contributed by atoms with E-state index in [2.05, 4.69) is 5.32 Å². The van der Waals surface area contributed by atoms with Crippen molar-refractivity contribution >= 4 is 34.7 Å². The number of rotatable bonds is 3. The Morgan fingerprint density at radius 3 is 2.55 bits per heavy atom. The smallest absolute Gasteiger partial charge is 0.252 e. The van der Waals surface area contributed by atoms with Gasteiger partial charge in [-0.15, -0.1) is 0 Å². The standard InChI is InChI=1S/C14H16ClFN2OS/c15-10-5-4-9(8-11(10)16)12(19)18-14(13(17)20)6-2-1-3-7-14/h4-5,8H,1-3,6-7H2,(H2,17,20)(H,18,19). The van der Waals surface area contributed by atoms with E-state index in [9.17, 15) is 9.18 Å². The van der Waals surface area contributed by atoms with Gasteiger partial charge in [-0.05, 0) is 31.0 Å². The number of carbonyl (C=O) groups excluding carboxylic acids is 1. The van der Waals surface area contributed by atoms with Gasteiger partial charge in [0.1, 0.15) is 5.82 Å². The van der Waals surface area contributed by atoms with Crippen molar-refractivity contribution in [3.05, 3.63) is 34.6 Å². The van der Waals surface area contributed by atoms with E-state index in [0.29, 0.717) is 4.99 Å². The van der Waals surface area contributed by atoms with Crippen molar-refractivity contribution in [3.8, 4) is 0 Å². The molecular weight excluding hydrogens is 299 g/mol. The summed E-state index contributed by atoms with van der Waals surface area (Å²) in [6.45, 7) is 0. The lowest BCUT2D eigenvalue weighted by molar-refractivity contribution is 0.0908. The number of halogens is 2. The summed E-state index contributed by atoms with van der Waals surface area (Å²) in [5.74, 6) is -0.998. The zero-order valence-electron chi connectivity index (χ0n) is 10.9. The van der Waals surface area contributed by atoms with Crippen LogP contribution in [0.4, 0.5) is 4.39 Å². The Balaban J connectivity index is 2.20. The Morgan fingerprint density at radius 2 is 2.00 bits per heavy atom. The molecule has 0 unspecified atom stereocenters. The average Bonchev–Trinajstić information content (AvgIpc) is 2.42. The van der Waals surface area contributed by atoms with Gasteiger partial charge in [-0.25, -0.2) is 4.39 Å². The maximum atomic E-state index is 13.4. The quantitative estimate of drug-likeness (QED) is 0.842. The molecule has 108 valence electrons. The lowest BCUT2D eigenvalue weighted by atomic mass is 9.81. The molecular formula is C14H16ClFN2OS. The van der Waals surface area contributed by atoms with Crippen molar-refractivity contribution in [1.29, 1.82) is 0 Å². The van der Waals surface area contributed by atoms with E-state index in [1.807, 2.05) is 0 Å². The molecule has 0 spiro atoms. The topological polar surface area (TPSA) is 55.1 Å². The highest BCUT2D eigenvalue weighted by Crippen LogP contribution is 2.29. The minimum atomic E-state index is -0.652. The van der Waals surface area contributed by atoms with Gasteiger partial charge in [-0.2, -0.15) is 0 Å². The van der Waals surface area contributed by atoms with E-state index in [4.69, 9.17) is 29.6 Å². The molecule has 1 aromatic rings. The largest absolute Gasteiger partial charge is 0.391 e. The SMILES string of the molecule is NC(=S)C1(NC(=O)c2ccc(Cl)c(F)c2)CCCCC1. The molecule has 6 heteroatoms. The summed E-state index contributed by atoms with van der Waals surface area (Å²) >= 11 is 10.7. The molecule has 0 saturated heterocycles. The fourth-order valence-corrected chi connectivity index (χ4v) is 2.89. The number of thiocarbonyl (C=S) groups is 1. The fourth-order valence-electron chi connectivity index (χ4n) is 2.52. The van der Waals surface area contributed by atoms with Gasteiger partial charge < -0.3 is 11.1 Å². The van der Waals surface area contributed by atoms with Crippen LogP contribution in [-0.4, -0.2) is 16.4 Å². The molecule has 1 aliphatic carbocycles. The monoisotopic (exact) mass is 314 g/mol. The van der Waals surface area contributed by atoms with Crippen LogP contribution in [0, 0.1) is 5.82 Å². The normalized spacial score (nSPS) is 17.5. The van der Waals surface area contributed by atoms with Crippen molar-refractivity contribution in [2.75, 3.05) is 0 Å². The van der Waals surface area contributed by atoms with Crippen molar-refractivity contribution in [2.24, 2.45) is 5.73 Å². The Hall–Kier alpha value is -1.20. The molecule has 0 aromatic heterocycles. The predicted molar refractivity (Wildman–Crippen MR) is 81.5 cm³/mol. The number of benzene rings is 1. The molecule has 1 fully saturated rings. The first-order chi connectivity index (χ1) is 9.44. The van der Waals surface area contributed by atoms with Crippen molar-refractivity contribution in [3.63, 3.8) is 0 Å². The first-order valence-electron chi connectivity index (χ1n) is 6.52. The van der Waals surface area contributed by atoms with Crippen LogP contribution in [0.15, 0.2) is 18.2 Å². The molecule has 3 N–H and O–H groups in total. The molecule has 1 saturated carbocycles. The molecule has 0 atom stereocenters. The van der Waals surface area contributed by atoms with Gasteiger partial charge >= 0.3 is 0 Å². The van der Waals surface area contributed by atoms with E-state index in [1.54, 1.807) is 0 Å². The second-order valence-corrected chi connectivity index (χ2v) is 5.94. The summed E-state index contributed by atoms with van der Waals surface area (Å²) in [7, 11) is 0. The van der Waals surface area contributed by atoms with Crippen LogP contribution >= 0.6 is 23.8 Å². The molecule has 0 radical (unpaired) electrons. The third-order valence-corrected chi connectivity index (χ3v) is 4.41. The third kappa shape index (κ3) is 3.10. The van der Waals surface area contributed by atoms with E-state index in [1.165, 1.54) is 12.1 Å². The summed E-state index contributed by atoms with van der Waals surface area (Å²) < 4.78 is 13.4. The van der Waals surface area contributed by atoms with Gasteiger partial charge in [0.25, 0.3) is 5.91 Å². The highest BCUT2D eigenvalue weighted by Gasteiger charge is 2.36. The Morgan fingerprint density at radius 1 is 1.35 bits per heavy atom. The Bertz CT molecular complexity index is 544. The summed E-state index contributed by atoms with van der Waals surface area (Å²) in [4.78, 5) is 12.5. The first-order valence-corrected chi connectivity index (χ1v) is 7.31. The number of nitrogens with two attached hydrogens (primary N) is 1. The molecule has 20 heavy (non-hydrogen) atoms. The van der Waals surface area contributed by atoms with Crippen LogP contribution in [0.1, 0.15) is 42.5 Å². The van der Waals surface area contributed by atoms with Crippen LogP contribution in [0.2, 0.25) is 5.02 Å². The second kappa shape index (κ2) is 6.06. The van der Waals surface area contributed by atoms with Gasteiger partial charge in [-0.1, -0.05) is 43.1 Å². The second-order valence-electron chi connectivity index (χ2n) is 5.09. The Labute approximate surface area is 127 Å². The van der Waals surface area contributed by atoms with Gasteiger partial charge in [0, 0.05) is 5.56 Å². The lowest BCUT2D eigenvalue weighted by Crippen LogP contribution is -2.57. The van der Waals surface area contributed by atoms with Crippen LogP contribution in [-0.2, 0) is 0 Å². The number of nitrogens with one attached hydrogen (secondary N) is 1. The zero-order valence-corrected chi connectivity index (χ0v) is 12.5. The van der Waals surface area contributed by atoms with Crippen molar-refractivity contribution in [2.45, 2.75) is 37.6 Å². The van der Waals surface area contributed by atoms with Gasteiger partial charge in [-0.3, -0.25) is 4.79 Å². The summed E-state index contributed by atoms with van der Waals surface area (Å²) in [6, 6.07) is 3.96. The van der Waals surface area contributed by atoms with Crippen LogP contribution in [0.25, 0.3) is 0 Å². The van der Waals surface area contributed by atoms with Gasteiger partial charge in [0.15, 0.2) is 0 Å². The van der Waals surface area contributed by atoms with Gasteiger partial charge in [0.2, 0.25) is 0 Å². The molecule has 2 rings (SSSR count). The number of amides is 1. The molecule has 3 nitrogen and oxygen atoms in total. The lowest BCUT2D eigenvalue weighted by Gasteiger charge is -2.37. The Kier molecular flexibility index (Phi) is 4.60. The van der Waals surface area contributed by atoms with E-state index in [-0.39, 0.29) is 16.5 Å². The summed E-state index contributed by atoms with van der Waals surface area (Å²) in [5, 5.41) is 2.87. The van der Waals surface area contributed by atoms with Crippen LogP contribution in [0.5, 0.6) is 0 Å². The number of hydrogen-bond acceptors (Lipinski definition) is 2. The summed E-state index contributed by atoms with van der Waals surface area (Å²) in [6.07, 6.45) is 4.49. The predicted octanol–water partition coefficient (Wildman–Crippen LogP) is 3.20. The summed E-state index contributed by atoms with van der Waals surface area (Å²) in [5.41, 5.74) is 5.37. The average molecular weight is 315 g/mol. The van der Waals surface area contributed by atoms with E-state index < -0.39 is 11.4 Å². The zero-order chi connectivity index (χ0) is 14.8. The highest BCUT2D eigenvalue weighted by atomic mass is 35.5. The minimum Gasteiger partial charge on any atom is -0.391 e.